The van der Waals surface area contributed by atoms with Crippen molar-refractivity contribution in [1.82, 2.24) is 20.4 Å². The van der Waals surface area contributed by atoms with Gasteiger partial charge < -0.3 is 9.84 Å². The van der Waals surface area contributed by atoms with Crippen molar-refractivity contribution in [3.8, 4) is 10.7 Å². The van der Waals surface area contributed by atoms with E-state index in [0.717, 1.165) is 30.6 Å². The van der Waals surface area contributed by atoms with Gasteiger partial charge in [-0.05, 0) is 49.0 Å². The molecule has 5 rings (SSSR count). The van der Waals surface area contributed by atoms with Crippen LogP contribution < -0.4 is 5.32 Å². The zero-order chi connectivity index (χ0) is 16.3. The third-order valence-electron chi connectivity index (χ3n) is 5.10. The van der Waals surface area contributed by atoms with Crippen molar-refractivity contribution in [3.05, 3.63) is 23.4 Å². The highest BCUT2D eigenvalue weighted by Gasteiger charge is 2.65. The number of rotatable bonds is 5. The summed E-state index contributed by atoms with van der Waals surface area (Å²) in [5.41, 5.74) is -0.673. The quantitative estimate of drug-likeness (QED) is 0.842. The van der Waals surface area contributed by atoms with E-state index in [-0.39, 0.29) is 36.2 Å². The number of urea groups is 1. The molecule has 3 fully saturated rings. The van der Waals surface area contributed by atoms with Crippen LogP contribution in [0.4, 0.5) is 4.79 Å². The highest BCUT2D eigenvalue weighted by atomic mass is 32.1. The SMILES string of the molecule is O=C1NC(C2CC2)(C2CC2)C(=O)N1Cc1nc(-c2cccs2)no1. The van der Waals surface area contributed by atoms with Crippen molar-refractivity contribution in [1.29, 1.82) is 0 Å². The molecule has 2 aromatic rings. The van der Waals surface area contributed by atoms with Crippen molar-refractivity contribution in [3.63, 3.8) is 0 Å². The Morgan fingerprint density at radius 2 is 2.04 bits per heavy atom. The van der Waals surface area contributed by atoms with Crippen LogP contribution in [0.2, 0.25) is 0 Å². The first-order valence-electron chi connectivity index (χ1n) is 8.19. The van der Waals surface area contributed by atoms with Crippen molar-refractivity contribution in [2.24, 2.45) is 11.8 Å². The molecule has 3 heterocycles. The van der Waals surface area contributed by atoms with Crippen molar-refractivity contribution in [2.75, 3.05) is 0 Å². The minimum atomic E-state index is -0.673. The predicted molar refractivity (Wildman–Crippen MR) is 84.9 cm³/mol. The number of amides is 3. The molecule has 2 saturated carbocycles. The number of hydrogen-bond acceptors (Lipinski definition) is 6. The second-order valence-electron chi connectivity index (χ2n) is 6.73. The summed E-state index contributed by atoms with van der Waals surface area (Å²) in [5, 5.41) is 8.87. The summed E-state index contributed by atoms with van der Waals surface area (Å²) >= 11 is 1.51. The molecule has 3 aliphatic rings. The van der Waals surface area contributed by atoms with Gasteiger partial charge in [0.1, 0.15) is 12.1 Å². The van der Waals surface area contributed by atoms with Gasteiger partial charge in [-0.1, -0.05) is 11.2 Å². The fourth-order valence-electron chi connectivity index (χ4n) is 3.68. The molecule has 8 heteroatoms. The Hall–Kier alpha value is -2.22. The normalized spacial score (nSPS) is 22.9. The summed E-state index contributed by atoms with van der Waals surface area (Å²) in [6, 6.07) is 3.47. The summed E-state index contributed by atoms with van der Waals surface area (Å²) in [6.07, 6.45) is 4.05. The molecule has 0 spiro atoms. The lowest BCUT2D eigenvalue weighted by atomic mass is 9.87. The molecule has 1 N–H and O–H groups in total. The number of thiophene rings is 1. The molecule has 0 radical (unpaired) electrons. The van der Waals surface area contributed by atoms with Crippen LogP contribution in [0.15, 0.2) is 22.0 Å². The van der Waals surface area contributed by atoms with E-state index >= 15 is 0 Å². The number of nitrogens with zero attached hydrogens (tertiary/aromatic N) is 3. The molecule has 2 aliphatic carbocycles. The number of nitrogens with one attached hydrogen (secondary N) is 1. The average Bonchev–Trinajstić information content (AvgIpc) is 3.48. The number of imide groups is 1. The van der Waals surface area contributed by atoms with Crippen LogP contribution in [0, 0.1) is 11.8 Å². The lowest BCUT2D eigenvalue weighted by molar-refractivity contribution is -0.133. The maximum Gasteiger partial charge on any atom is 0.325 e. The lowest BCUT2D eigenvalue weighted by Crippen LogP contribution is -2.51. The van der Waals surface area contributed by atoms with Crippen LogP contribution in [0.5, 0.6) is 0 Å². The first kappa shape index (κ1) is 14.2. The Labute approximate surface area is 142 Å². The number of hydrogen-bond donors (Lipinski definition) is 1. The van der Waals surface area contributed by atoms with Crippen LogP contribution in [-0.2, 0) is 11.3 Å². The molecule has 24 heavy (non-hydrogen) atoms. The highest BCUT2D eigenvalue weighted by molar-refractivity contribution is 7.13. The monoisotopic (exact) mass is 344 g/mol. The third kappa shape index (κ3) is 2.02. The molecule has 124 valence electrons. The first-order chi connectivity index (χ1) is 11.7. The highest BCUT2D eigenvalue weighted by Crippen LogP contribution is 2.54. The largest absolute Gasteiger partial charge is 0.337 e. The van der Waals surface area contributed by atoms with Gasteiger partial charge in [0.2, 0.25) is 11.7 Å². The van der Waals surface area contributed by atoms with E-state index in [0.29, 0.717) is 5.82 Å². The molecular formula is C16H16N4O3S. The Kier molecular flexibility index (Phi) is 2.88. The standard InChI is InChI=1S/C16H16N4O3S/c21-14-16(9-3-4-9,10-5-6-10)18-15(22)20(14)8-12-17-13(19-23-12)11-2-1-7-24-11/h1-2,7,9-10H,3-6,8H2,(H,18,22). The molecular weight excluding hydrogens is 328 g/mol. The van der Waals surface area contributed by atoms with Crippen LogP contribution in [0.1, 0.15) is 31.6 Å². The van der Waals surface area contributed by atoms with E-state index in [9.17, 15) is 9.59 Å². The number of carbonyl (C=O) groups is 2. The minimum absolute atomic E-state index is 0.0320. The van der Waals surface area contributed by atoms with Crippen LogP contribution in [-0.4, -0.2) is 32.5 Å². The zero-order valence-electron chi connectivity index (χ0n) is 12.9. The van der Waals surface area contributed by atoms with Gasteiger partial charge in [-0.25, -0.2) is 4.79 Å². The van der Waals surface area contributed by atoms with Gasteiger partial charge in [0.15, 0.2) is 0 Å². The molecule has 0 aromatic carbocycles. The van der Waals surface area contributed by atoms with E-state index < -0.39 is 5.54 Å². The fourth-order valence-corrected chi connectivity index (χ4v) is 4.33. The molecule has 0 unspecified atom stereocenters. The van der Waals surface area contributed by atoms with E-state index in [1.807, 2.05) is 17.5 Å². The van der Waals surface area contributed by atoms with Gasteiger partial charge in [0, 0.05) is 0 Å². The van der Waals surface area contributed by atoms with Crippen LogP contribution in [0.3, 0.4) is 0 Å². The summed E-state index contributed by atoms with van der Waals surface area (Å²) in [5.74, 6) is 1.23. The van der Waals surface area contributed by atoms with Gasteiger partial charge >= 0.3 is 6.03 Å². The third-order valence-corrected chi connectivity index (χ3v) is 5.97. The molecule has 0 bridgehead atoms. The second-order valence-corrected chi connectivity index (χ2v) is 7.68. The number of carbonyl (C=O) groups excluding carboxylic acids is 2. The smallest absolute Gasteiger partial charge is 0.325 e. The Morgan fingerprint density at radius 1 is 1.29 bits per heavy atom. The Balaban J connectivity index is 1.39. The zero-order valence-corrected chi connectivity index (χ0v) is 13.7. The van der Waals surface area contributed by atoms with Crippen molar-refractivity contribution >= 4 is 23.3 Å². The summed E-state index contributed by atoms with van der Waals surface area (Å²) in [6.45, 7) is 0.0320. The van der Waals surface area contributed by atoms with Crippen molar-refractivity contribution in [2.45, 2.75) is 37.8 Å². The van der Waals surface area contributed by atoms with Gasteiger partial charge in [-0.15, -0.1) is 11.3 Å². The molecule has 3 amide bonds. The second kappa shape index (κ2) is 4.89. The van der Waals surface area contributed by atoms with E-state index in [4.69, 9.17) is 4.52 Å². The van der Waals surface area contributed by atoms with E-state index in [2.05, 4.69) is 15.5 Å². The van der Waals surface area contributed by atoms with Gasteiger partial charge in [-0.2, -0.15) is 4.98 Å². The van der Waals surface area contributed by atoms with Crippen molar-refractivity contribution < 1.29 is 14.1 Å². The van der Waals surface area contributed by atoms with Gasteiger partial charge in [0.05, 0.1) is 4.88 Å². The summed E-state index contributed by atoms with van der Waals surface area (Å²) < 4.78 is 5.24. The molecule has 1 saturated heterocycles. The summed E-state index contributed by atoms with van der Waals surface area (Å²) in [7, 11) is 0. The molecule has 0 atom stereocenters. The first-order valence-corrected chi connectivity index (χ1v) is 9.07. The Morgan fingerprint density at radius 3 is 2.67 bits per heavy atom. The minimum Gasteiger partial charge on any atom is -0.337 e. The van der Waals surface area contributed by atoms with Gasteiger partial charge in [-0.3, -0.25) is 9.69 Å². The van der Waals surface area contributed by atoms with E-state index in [1.165, 1.54) is 16.2 Å². The predicted octanol–water partition coefficient (Wildman–Crippen LogP) is 2.41. The fraction of sp³-hybridized carbons (Fsp3) is 0.500. The maximum absolute atomic E-state index is 13.0. The lowest BCUT2D eigenvalue weighted by Gasteiger charge is -2.26. The van der Waals surface area contributed by atoms with Gasteiger partial charge in [0.25, 0.3) is 5.91 Å². The Bertz CT molecular complexity index is 795. The van der Waals surface area contributed by atoms with E-state index in [1.54, 1.807) is 0 Å². The van der Waals surface area contributed by atoms with Crippen LogP contribution >= 0.6 is 11.3 Å². The summed E-state index contributed by atoms with van der Waals surface area (Å²) in [4.78, 5) is 31.9. The number of aromatic nitrogens is 2. The maximum atomic E-state index is 13.0. The molecule has 7 nitrogen and oxygen atoms in total. The topological polar surface area (TPSA) is 88.3 Å². The average molecular weight is 344 g/mol. The van der Waals surface area contributed by atoms with Crippen LogP contribution in [0.25, 0.3) is 10.7 Å². The molecule has 2 aromatic heterocycles. The molecule has 1 aliphatic heterocycles.